The van der Waals surface area contributed by atoms with Crippen LogP contribution < -0.4 is 10.6 Å². The van der Waals surface area contributed by atoms with E-state index in [1.54, 1.807) is 0 Å². The van der Waals surface area contributed by atoms with Crippen LogP contribution in [0.4, 0.5) is 0 Å². The number of nitrogens with one attached hydrogen (secondary N) is 2. The molecule has 1 amide bonds. The second-order valence-electron chi connectivity index (χ2n) is 5.03. The molecule has 0 rings (SSSR count). The molecule has 0 aliphatic carbocycles. The maximum atomic E-state index is 11.6. The molecule has 17 heavy (non-hydrogen) atoms. The van der Waals surface area contributed by atoms with E-state index in [0.29, 0.717) is 5.92 Å². The smallest absolute Gasteiger partial charge is 0.233 e. The van der Waals surface area contributed by atoms with Crippen molar-refractivity contribution in [1.82, 2.24) is 10.6 Å². The Balaban J connectivity index is 3.89. The molecule has 0 saturated carbocycles. The van der Waals surface area contributed by atoms with Gasteiger partial charge in [0.05, 0.1) is 13.2 Å². The van der Waals surface area contributed by atoms with Crippen LogP contribution in [0.25, 0.3) is 0 Å². The summed E-state index contributed by atoms with van der Waals surface area (Å²) in [5, 5.41) is 15.4. The van der Waals surface area contributed by atoms with Crippen LogP contribution in [0.1, 0.15) is 47.0 Å². The van der Waals surface area contributed by atoms with Crippen LogP contribution in [0.5, 0.6) is 0 Å². The van der Waals surface area contributed by atoms with E-state index in [4.69, 9.17) is 0 Å². The van der Waals surface area contributed by atoms with Crippen LogP contribution in [-0.2, 0) is 4.79 Å². The van der Waals surface area contributed by atoms with Crippen molar-refractivity contribution in [2.75, 3.05) is 19.7 Å². The van der Waals surface area contributed by atoms with Gasteiger partial charge in [-0.2, -0.15) is 0 Å². The first-order valence-electron chi connectivity index (χ1n) is 6.62. The molecular weight excluding hydrogens is 216 g/mol. The Morgan fingerprint density at radius 1 is 1.29 bits per heavy atom. The van der Waals surface area contributed by atoms with E-state index in [9.17, 15) is 9.90 Å². The standard InChI is InChI=1S/C13H28N2O2/c1-5-13(6-2,10-16)15-9-12(17)14-8-7-11(3)4/h11,15-16H,5-10H2,1-4H3,(H,14,17). The maximum Gasteiger partial charge on any atom is 0.233 e. The van der Waals surface area contributed by atoms with Gasteiger partial charge in [0.1, 0.15) is 0 Å². The van der Waals surface area contributed by atoms with Gasteiger partial charge in [0, 0.05) is 12.1 Å². The van der Waals surface area contributed by atoms with Crippen LogP contribution >= 0.6 is 0 Å². The second kappa shape index (κ2) is 8.48. The number of amides is 1. The zero-order valence-corrected chi connectivity index (χ0v) is 11.7. The van der Waals surface area contributed by atoms with Crippen LogP contribution in [0.15, 0.2) is 0 Å². The lowest BCUT2D eigenvalue weighted by Crippen LogP contribution is -2.51. The summed E-state index contributed by atoms with van der Waals surface area (Å²) in [4.78, 5) is 11.6. The average Bonchev–Trinajstić information content (AvgIpc) is 2.31. The minimum atomic E-state index is -0.310. The van der Waals surface area contributed by atoms with E-state index in [1.165, 1.54) is 0 Å². The highest BCUT2D eigenvalue weighted by atomic mass is 16.3. The fraction of sp³-hybridized carbons (Fsp3) is 0.923. The van der Waals surface area contributed by atoms with Crippen molar-refractivity contribution in [3.8, 4) is 0 Å². The molecule has 0 aromatic rings. The van der Waals surface area contributed by atoms with Gasteiger partial charge >= 0.3 is 0 Å². The molecule has 0 aromatic heterocycles. The largest absolute Gasteiger partial charge is 0.394 e. The van der Waals surface area contributed by atoms with Crippen molar-refractivity contribution in [2.24, 2.45) is 5.92 Å². The Morgan fingerprint density at radius 3 is 2.29 bits per heavy atom. The summed E-state index contributed by atoms with van der Waals surface area (Å²) in [6, 6.07) is 0. The molecule has 0 saturated heterocycles. The number of aliphatic hydroxyl groups is 1. The second-order valence-corrected chi connectivity index (χ2v) is 5.03. The van der Waals surface area contributed by atoms with Crippen LogP contribution in [0, 0.1) is 5.92 Å². The SMILES string of the molecule is CCC(CC)(CO)NCC(=O)NCCC(C)C. The molecule has 0 aliphatic rings. The molecule has 0 radical (unpaired) electrons. The van der Waals surface area contributed by atoms with Gasteiger partial charge in [-0.25, -0.2) is 0 Å². The highest BCUT2D eigenvalue weighted by Crippen LogP contribution is 2.13. The van der Waals surface area contributed by atoms with Gasteiger partial charge in [-0.1, -0.05) is 27.7 Å². The third kappa shape index (κ3) is 6.64. The lowest BCUT2D eigenvalue weighted by molar-refractivity contribution is -0.120. The highest BCUT2D eigenvalue weighted by molar-refractivity contribution is 5.78. The summed E-state index contributed by atoms with van der Waals surface area (Å²) in [5.74, 6) is 0.608. The van der Waals surface area contributed by atoms with Crippen molar-refractivity contribution in [1.29, 1.82) is 0 Å². The fourth-order valence-electron chi connectivity index (χ4n) is 1.61. The Kier molecular flexibility index (Phi) is 8.17. The van der Waals surface area contributed by atoms with E-state index < -0.39 is 0 Å². The minimum absolute atomic E-state index is 0.00498. The monoisotopic (exact) mass is 244 g/mol. The number of hydrogen-bond acceptors (Lipinski definition) is 3. The Bertz CT molecular complexity index is 205. The van der Waals surface area contributed by atoms with Gasteiger partial charge < -0.3 is 15.7 Å². The molecular formula is C13H28N2O2. The first-order chi connectivity index (χ1) is 7.99. The first-order valence-corrected chi connectivity index (χ1v) is 6.62. The number of carbonyl (C=O) groups is 1. The van der Waals surface area contributed by atoms with Crippen LogP contribution in [0.3, 0.4) is 0 Å². The van der Waals surface area contributed by atoms with Gasteiger partial charge in [-0.05, 0) is 25.2 Å². The average molecular weight is 244 g/mol. The molecule has 0 atom stereocenters. The van der Waals surface area contributed by atoms with Crippen molar-refractivity contribution in [3.63, 3.8) is 0 Å². The fourth-order valence-corrected chi connectivity index (χ4v) is 1.61. The van der Waals surface area contributed by atoms with E-state index in [2.05, 4.69) is 24.5 Å². The predicted octanol–water partition coefficient (Wildman–Crippen LogP) is 1.29. The van der Waals surface area contributed by atoms with Crippen LogP contribution in [-0.4, -0.2) is 36.2 Å². The molecule has 0 bridgehead atoms. The third-order valence-corrected chi connectivity index (χ3v) is 3.32. The predicted molar refractivity (Wildman–Crippen MR) is 70.9 cm³/mol. The summed E-state index contributed by atoms with van der Waals surface area (Å²) in [6.45, 7) is 9.37. The molecule has 0 fully saturated rings. The van der Waals surface area contributed by atoms with E-state index in [-0.39, 0.29) is 24.6 Å². The lowest BCUT2D eigenvalue weighted by Gasteiger charge is -2.30. The molecule has 0 heterocycles. The molecule has 0 spiro atoms. The van der Waals surface area contributed by atoms with E-state index >= 15 is 0 Å². The van der Waals surface area contributed by atoms with Gasteiger partial charge in [-0.3, -0.25) is 4.79 Å². The molecule has 102 valence electrons. The Labute approximate surface area is 105 Å². The van der Waals surface area contributed by atoms with Crippen molar-refractivity contribution in [2.45, 2.75) is 52.5 Å². The molecule has 3 N–H and O–H groups in total. The maximum absolute atomic E-state index is 11.6. The third-order valence-electron chi connectivity index (χ3n) is 3.32. The number of carbonyl (C=O) groups excluding carboxylic acids is 1. The van der Waals surface area contributed by atoms with Gasteiger partial charge in [0.25, 0.3) is 0 Å². The highest BCUT2D eigenvalue weighted by Gasteiger charge is 2.24. The summed E-state index contributed by atoms with van der Waals surface area (Å²) in [6.07, 6.45) is 2.64. The normalized spacial score (nSPS) is 11.9. The topological polar surface area (TPSA) is 61.4 Å². The minimum Gasteiger partial charge on any atom is -0.394 e. The molecule has 0 aromatic carbocycles. The Hall–Kier alpha value is -0.610. The van der Waals surface area contributed by atoms with Crippen molar-refractivity contribution < 1.29 is 9.90 Å². The molecule has 0 unspecified atom stereocenters. The number of aliphatic hydroxyl groups excluding tert-OH is 1. The van der Waals surface area contributed by atoms with E-state index in [0.717, 1.165) is 25.8 Å². The quantitative estimate of drug-likeness (QED) is 0.573. The van der Waals surface area contributed by atoms with E-state index in [1.807, 2.05) is 13.8 Å². The summed E-state index contributed by atoms with van der Waals surface area (Å²) >= 11 is 0. The summed E-state index contributed by atoms with van der Waals surface area (Å²) in [7, 11) is 0. The number of hydrogen-bond donors (Lipinski definition) is 3. The summed E-state index contributed by atoms with van der Waals surface area (Å²) < 4.78 is 0. The first kappa shape index (κ1) is 16.4. The summed E-state index contributed by atoms with van der Waals surface area (Å²) in [5.41, 5.74) is -0.310. The van der Waals surface area contributed by atoms with Crippen molar-refractivity contribution >= 4 is 5.91 Å². The van der Waals surface area contributed by atoms with Crippen molar-refractivity contribution in [3.05, 3.63) is 0 Å². The van der Waals surface area contributed by atoms with Gasteiger partial charge in [-0.15, -0.1) is 0 Å². The molecule has 0 aliphatic heterocycles. The van der Waals surface area contributed by atoms with Crippen LogP contribution in [0.2, 0.25) is 0 Å². The number of rotatable bonds is 9. The van der Waals surface area contributed by atoms with Gasteiger partial charge in [0.15, 0.2) is 0 Å². The molecule has 4 nitrogen and oxygen atoms in total. The Morgan fingerprint density at radius 2 is 1.88 bits per heavy atom. The molecule has 4 heteroatoms. The zero-order chi connectivity index (χ0) is 13.3. The van der Waals surface area contributed by atoms with Gasteiger partial charge in [0.2, 0.25) is 5.91 Å². The lowest BCUT2D eigenvalue weighted by atomic mass is 9.94. The zero-order valence-electron chi connectivity index (χ0n) is 11.7.